The number of hydrogen-bond donors (Lipinski definition) is 1. The zero-order chi connectivity index (χ0) is 13.4. The van der Waals surface area contributed by atoms with Crippen molar-refractivity contribution >= 4 is 34.3 Å². The zero-order valence-corrected chi connectivity index (χ0v) is 13.2. The molecule has 1 aliphatic heterocycles. The molecular weight excluding hydrogens is 296 g/mol. The third-order valence-electron chi connectivity index (χ3n) is 3.86. The van der Waals surface area contributed by atoms with Crippen LogP contribution in [-0.2, 0) is 6.42 Å². The first-order chi connectivity index (χ1) is 9.20. The molecule has 5 heteroatoms. The number of halogens is 1. The highest BCUT2D eigenvalue weighted by Crippen LogP contribution is 2.39. The Morgan fingerprint density at radius 1 is 1.53 bits per heavy atom. The molecule has 3 rings (SSSR count). The van der Waals surface area contributed by atoms with E-state index < -0.39 is 0 Å². The zero-order valence-electron chi connectivity index (χ0n) is 10.8. The number of fused-ring (bicyclic) bond motifs is 1. The molecule has 0 spiro atoms. The van der Waals surface area contributed by atoms with Gasteiger partial charge in [-0.15, -0.1) is 22.7 Å². The third kappa shape index (κ3) is 2.48. The molecule has 3 heterocycles. The van der Waals surface area contributed by atoms with E-state index in [1.165, 1.54) is 15.3 Å². The van der Waals surface area contributed by atoms with Gasteiger partial charge in [0.2, 0.25) is 0 Å². The van der Waals surface area contributed by atoms with Crippen molar-refractivity contribution in [3.8, 4) is 0 Å². The van der Waals surface area contributed by atoms with Gasteiger partial charge in [0.05, 0.1) is 11.1 Å². The van der Waals surface area contributed by atoms with E-state index in [9.17, 15) is 0 Å². The van der Waals surface area contributed by atoms with Crippen LogP contribution in [0.2, 0.25) is 5.02 Å². The van der Waals surface area contributed by atoms with Crippen LogP contribution in [0.25, 0.3) is 0 Å². The summed E-state index contributed by atoms with van der Waals surface area (Å²) in [6.45, 7) is 4.00. The first kappa shape index (κ1) is 13.6. The molecule has 0 bridgehead atoms. The van der Waals surface area contributed by atoms with Gasteiger partial charge >= 0.3 is 0 Å². The highest BCUT2D eigenvalue weighted by Gasteiger charge is 2.30. The fraction of sp³-hybridized carbons (Fsp3) is 0.429. The van der Waals surface area contributed by atoms with E-state index in [4.69, 9.17) is 17.3 Å². The van der Waals surface area contributed by atoms with Crippen LogP contribution in [0, 0.1) is 0 Å². The molecule has 0 fully saturated rings. The Hall–Kier alpha value is -0.390. The molecule has 0 aliphatic carbocycles. The summed E-state index contributed by atoms with van der Waals surface area (Å²) in [5.41, 5.74) is 7.50. The van der Waals surface area contributed by atoms with Crippen LogP contribution in [0.1, 0.15) is 34.3 Å². The molecule has 0 saturated heterocycles. The predicted molar refractivity (Wildman–Crippen MR) is 84.3 cm³/mol. The van der Waals surface area contributed by atoms with Crippen molar-refractivity contribution in [1.82, 2.24) is 4.90 Å². The number of thiophene rings is 2. The molecule has 1 aliphatic rings. The molecule has 2 aromatic rings. The first-order valence-corrected chi connectivity index (χ1v) is 8.60. The fourth-order valence-electron chi connectivity index (χ4n) is 2.87. The van der Waals surface area contributed by atoms with Gasteiger partial charge < -0.3 is 5.73 Å². The molecule has 2 aromatic heterocycles. The molecule has 0 aromatic carbocycles. The SMILES string of the molecule is CC1c2ccsc2CCN1C(CN)c1cc(Cl)cs1. The molecule has 2 atom stereocenters. The lowest BCUT2D eigenvalue weighted by molar-refractivity contribution is 0.141. The molecule has 2 nitrogen and oxygen atoms in total. The van der Waals surface area contributed by atoms with Gasteiger partial charge in [-0.25, -0.2) is 0 Å². The van der Waals surface area contributed by atoms with Crippen LogP contribution in [-0.4, -0.2) is 18.0 Å². The van der Waals surface area contributed by atoms with E-state index in [1.807, 2.05) is 16.7 Å². The molecule has 2 N–H and O–H groups in total. The highest BCUT2D eigenvalue weighted by atomic mass is 35.5. The largest absolute Gasteiger partial charge is 0.329 e. The van der Waals surface area contributed by atoms with Gasteiger partial charge in [0.25, 0.3) is 0 Å². The summed E-state index contributed by atoms with van der Waals surface area (Å²) in [6, 6.07) is 5.02. The number of nitrogens with two attached hydrogens (primary N) is 1. The lowest BCUT2D eigenvalue weighted by Crippen LogP contribution is -2.39. The number of rotatable bonds is 3. The standard InChI is InChI=1S/C14H17ClN2S2/c1-9-11-3-5-18-13(11)2-4-17(9)12(7-16)14-6-10(15)8-19-14/h3,5-6,8-9,12H,2,4,7,16H2,1H3. The van der Waals surface area contributed by atoms with Crippen molar-refractivity contribution in [2.75, 3.05) is 13.1 Å². The van der Waals surface area contributed by atoms with Gasteiger partial charge in [0.1, 0.15) is 0 Å². The summed E-state index contributed by atoms with van der Waals surface area (Å²) in [7, 11) is 0. The summed E-state index contributed by atoms with van der Waals surface area (Å²) in [6.07, 6.45) is 1.13. The third-order valence-corrected chi connectivity index (χ3v) is 6.24. The molecule has 0 radical (unpaired) electrons. The highest BCUT2D eigenvalue weighted by molar-refractivity contribution is 7.10. The second-order valence-corrected chi connectivity index (χ2v) is 7.26. The van der Waals surface area contributed by atoms with Crippen LogP contribution < -0.4 is 5.73 Å². The molecule has 0 amide bonds. The van der Waals surface area contributed by atoms with Gasteiger partial charge in [-0.1, -0.05) is 11.6 Å². The summed E-state index contributed by atoms with van der Waals surface area (Å²) < 4.78 is 0. The maximum absolute atomic E-state index is 6.05. The summed E-state index contributed by atoms with van der Waals surface area (Å²) in [5.74, 6) is 0. The Labute approximate surface area is 126 Å². The summed E-state index contributed by atoms with van der Waals surface area (Å²) in [4.78, 5) is 5.32. The van der Waals surface area contributed by atoms with Crippen molar-refractivity contribution in [2.24, 2.45) is 5.73 Å². The predicted octanol–water partition coefficient (Wildman–Crippen LogP) is 4.08. The first-order valence-electron chi connectivity index (χ1n) is 6.46. The van der Waals surface area contributed by atoms with E-state index in [1.54, 1.807) is 11.3 Å². The molecule has 2 unspecified atom stereocenters. The van der Waals surface area contributed by atoms with Crippen molar-refractivity contribution in [2.45, 2.75) is 25.4 Å². The Kier molecular flexibility index (Phi) is 3.96. The summed E-state index contributed by atoms with van der Waals surface area (Å²) in [5, 5.41) is 5.01. The van der Waals surface area contributed by atoms with Gasteiger partial charge in [0, 0.05) is 34.3 Å². The molecule has 102 valence electrons. The van der Waals surface area contributed by atoms with Crippen LogP contribution >= 0.6 is 34.3 Å². The lowest BCUT2D eigenvalue weighted by Gasteiger charge is -2.38. The maximum Gasteiger partial charge on any atom is 0.0570 e. The van der Waals surface area contributed by atoms with Crippen molar-refractivity contribution < 1.29 is 0 Å². The fourth-order valence-corrected chi connectivity index (χ4v) is 5.05. The van der Waals surface area contributed by atoms with E-state index in [0.717, 1.165) is 18.0 Å². The van der Waals surface area contributed by atoms with Crippen molar-refractivity contribution in [3.05, 3.63) is 43.2 Å². The van der Waals surface area contributed by atoms with Gasteiger partial charge in [0.15, 0.2) is 0 Å². The van der Waals surface area contributed by atoms with Crippen LogP contribution in [0.15, 0.2) is 22.9 Å². The Bertz CT molecular complexity index is 563. The Morgan fingerprint density at radius 2 is 2.37 bits per heavy atom. The molecule has 0 saturated carbocycles. The number of hydrogen-bond acceptors (Lipinski definition) is 4. The average molecular weight is 313 g/mol. The Morgan fingerprint density at radius 3 is 3.05 bits per heavy atom. The van der Waals surface area contributed by atoms with Crippen LogP contribution in [0.4, 0.5) is 0 Å². The lowest BCUT2D eigenvalue weighted by atomic mass is 9.98. The normalized spacial score (nSPS) is 21.3. The monoisotopic (exact) mass is 312 g/mol. The van der Waals surface area contributed by atoms with Crippen molar-refractivity contribution in [3.63, 3.8) is 0 Å². The number of nitrogens with zero attached hydrogens (tertiary/aromatic N) is 1. The molecule has 19 heavy (non-hydrogen) atoms. The Balaban J connectivity index is 1.89. The van der Waals surface area contributed by atoms with E-state index >= 15 is 0 Å². The topological polar surface area (TPSA) is 29.3 Å². The average Bonchev–Trinajstić information content (AvgIpc) is 3.02. The van der Waals surface area contributed by atoms with E-state index in [-0.39, 0.29) is 6.04 Å². The second kappa shape index (κ2) is 5.54. The summed E-state index contributed by atoms with van der Waals surface area (Å²) >= 11 is 9.64. The van der Waals surface area contributed by atoms with Gasteiger partial charge in [-0.05, 0) is 36.4 Å². The van der Waals surface area contributed by atoms with Crippen molar-refractivity contribution in [1.29, 1.82) is 0 Å². The quantitative estimate of drug-likeness (QED) is 0.925. The minimum atomic E-state index is 0.278. The van der Waals surface area contributed by atoms with Crippen LogP contribution in [0.5, 0.6) is 0 Å². The van der Waals surface area contributed by atoms with Crippen LogP contribution in [0.3, 0.4) is 0 Å². The molecular formula is C14H17ClN2S2. The minimum Gasteiger partial charge on any atom is -0.329 e. The van der Waals surface area contributed by atoms with E-state index in [0.29, 0.717) is 12.6 Å². The maximum atomic E-state index is 6.05. The second-order valence-electron chi connectivity index (χ2n) is 4.88. The minimum absolute atomic E-state index is 0.278. The van der Waals surface area contributed by atoms with Gasteiger partial charge in [-0.2, -0.15) is 0 Å². The van der Waals surface area contributed by atoms with Gasteiger partial charge in [-0.3, -0.25) is 4.90 Å². The smallest absolute Gasteiger partial charge is 0.0570 e. The van der Waals surface area contributed by atoms with E-state index in [2.05, 4.69) is 29.3 Å².